The van der Waals surface area contributed by atoms with Crippen molar-refractivity contribution in [1.29, 1.82) is 0 Å². The maximum Gasteiger partial charge on any atom is 0.0542 e. The molecule has 2 unspecified atom stereocenters. The molecular weight excluding hydrogens is 172 g/mol. The fourth-order valence-electron chi connectivity index (χ4n) is 2.48. The first-order valence-electron chi connectivity index (χ1n) is 6.40. The van der Waals surface area contributed by atoms with Crippen LogP contribution in [0, 0.1) is 11.8 Å². The second kappa shape index (κ2) is 6.44. The lowest BCUT2D eigenvalue weighted by atomic mass is 9.94. The zero-order valence-electron chi connectivity index (χ0n) is 9.84. The molecule has 1 fully saturated rings. The quantitative estimate of drug-likeness (QED) is 0.689. The first-order chi connectivity index (χ1) is 6.72. The molecule has 1 saturated carbocycles. The Morgan fingerprint density at radius 2 is 1.93 bits per heavy atom. The highest BCUT2D eigenvalue weighted by Gasteiger charge is 2.17. The molecule has 14 heavy (non-hydrogen) atoms. The Hall–Kier alpha value is -0.0400. The molecule has 0 aromatic heterocycles. The minimum Gasteiger partial charge on any atom is -0.393 e. The molecule has 1 aliphatic carbocycles. The van der Waals surface area contributed by atoms with E-state index in [0.29, 0.717) is 5.92 Å². The van der Waals surface area contributed by atoms with Gasteiger partial charge in [0.15, 0.2) is 0 Å². The van der Waals surface area contributed by atoms with Gasteiger partial charge in [-0.05, 0) is 31.1 Å². The molecule has 84 valence electrons. The summed E-state index contributed by atoms with van der Waals surface area (Å²) in [6.45, 7) is 4.44. The van der Waals surface area contributed by atoms with Crippen LogP contribution in [0.15, 0.2) is 0 Å². The van der Waals surface area contributed by atoms with Crippen LogP contribution in [0.3, 0.4) is 0 Å². The van der Waals surface area contributed by atoms with Crippen LogP contribution < -0.4 is 0 Å². The Labute approximate surface area is 88.9 Å². The summed E-state index contributed by atoms with van der Waals surface area (Å²) in [6.07, 6.45) is 10.1. The first-order valence-corrected chi connectivity index (χ1v) is 6.40. The molecule has 1 nitrogen and oxygen atoms in total. The van der Waals surface area contributed by atoms with Gasteiger partial charge in [0.2, 0.25) is 0 Å². The van der Waals surface area contributed by atoms with Gasteiger partial charge in [0.25, 0.3) is 0 Å². The zero-order chi connectivity index (χ0) is 10.4. The lowest BCUT2D eigenvalue weighted by Crippen LogP contribution is -2.12. The summed E-state index contributed by atoms with van der Waals surface area (Å²) in [6, 6.07) is 0. The van der Waals surface area contributed by atoms with Gasteiger partial charge >= 0.3 is 0 Å². The van der Waals surface area contributed by atoms with Crippen LogP contribution >= 0.6 is 0 Å². The van der Waals surface area contributed by atoms with Gasteiger partial charge in [-0.25, -0.2) is 0 Å². The van der Waals surface area contributed by atoms with Crippen molar-refractivity contribution in [1.82, 2.24) is 0 Å². The standard InChI is InChI=1S/C13H26O/c1-3-11(2)10-13(14)9-8-12-6-4-5-7-12/h11-14H,3-10H2,1-2H3. The van der Waals surface area contributed by atoms with Crippen molar-refractivity contribution in [3.8, 4) is 0 Å². The van der Waals surface area contributed by atoms with E-state index in [2.05, 4.69) is 13.8 Å². The van der Waals surface area contributed by atoms with Crippen molar-refractivity contribution in [2.24, 2.45) is 11.8 Å². The molecule has 1 N–H and O–H groups in total. The van der Waals surface area contributed by atoms with E-state index in [4.69, 9.17) is 0 Å². The smallest absolute Gasteiger partial charge is 0.0542 e. The fourth-order valence-corrected chi connectivity index (χ4v) is 2.48. The van der Waals surface area contributed by atoms with Crippen molar-refractivity contribution in [2.45, 2.75) is 71.3 Å². The summed E-state index contributed by atoms with van der Waals surface area (Å²) in [7, 11) is 0. The van der Waals surface area contributed by atoms with Gasteiger partial charge in [0, 0.05) is 0 Å². The average Bonchev–Trinajstić information content (AvgIpc) is 2.67. The lowest BCUT2D eigenvalue weighted by Gasteiger charge is -2.16. The number of aliphatic hydroxyl groups excluding tert-OH is 1. The SMILES string of the molecule is CCC(C)CC(O)CCC1CCCC1. The Kier molecular flexibility index (Phi) is 5.54. The minimum atomic E-state index is -0.0365. The van der Waals surface area contributed by atoms with Crippen LogP contribution in [-0.4, -0.2) is 11.2 Å². The predicted octanol–water partition coefficient (Wildman–Crippen LogP) is 3.75. The summed E-state index contributed by atoms with van der Waals surface area (Å²) >= 11 is 0. The monoisotopic (exact) mass is 198 g/mol. The second-order valence-corrected chi connectivity index (χ2v) is 5.13. The molecule has 1 heteroatoms. The van der Waals surface area contributed by atoms with Crippen molar-refractivity contribution < 1.29 is 5.11 Å². The molecule has 2 atom stereocenters. The summed E-state index contributed by atoms with van der Waals surface area (Å²) in [5.74, 6) is 1.62. The van der Waals surface area contributed by atoms with E-state index < -0.39 is 0 Å². The zero-order valence-corrected chi connectivity index (χ0v) is 9.84. The van der Waals surface area contributed by atoms with Crippen LogP contribution in [0.4, 0.5) is 0 Å². The van der Waals surface area contributed by atoms with Gasteiger partial charge in [0.1, 0.15) is 0 Å². The Morgan fingerprint density at radius 3 is 2.50 bits per heavy atom. The summed E-state index contributed by atoms with van der Waals surface area (Å²) in [5, 5.41) is 9.81. The summed E-state index contributed by atoms with van der Waals surface area (Å²) < 4.78 is 0. The van der Waals surface area contributed by atoms with Crippen LogP contribution in [0.25, 0.3) is 0 Å². The first kappa shape index (κ1) is 12.0. The Bertz CT molecular complexity index is 138. The van der Waals surface area contributed by atoms with Crippen molar-refractivity contribution in [3.63, 3.8) is 0 Å². The highest BCUT2D eigenvalue weighted by Crippen LogP contribution is 2.29. The Morgan fingerprint density at radius 1 is 1.29 bits per heavy atom. The third-order valence-electron chi connectivity index (χ3n) is 3.75. The largest absolute Gasteiger partial charge is 0.393 e. The number of hydrogen-bond acceptors (Lipinski definition) is 1. The van der Waals surface area contributed by atoms with E-state index in [0.717, 1.165) is 18.8 Å². The molecule has 0 saturated heterocycles. The minimum absolute atomic E-state index is 0.0365. The number of rotatable bonds is 6. The predicted molar refractivity (Wildman–Crippen MR) is 61.3 cm³/mol. The molecule has 1 rings (SSSR count). The third-order valence-corrected chi connectivity index (χ3v) is 3.75. The Balaban J connectivity index is 2.04. The van der Waals surface area contributed by atoms with E-state index in [9.17, 15) is 5.11 Å². The van der Waals surface area contributed by atoms with Crippen molar-refractivity contribution >= 4 is 0 Å². The molecule has 0 amide bonds. The second-order valence-electron chi connectivity index (χ2n) is 5.13. The topological polar surface area (TPSA) is 20.2 Å². The van der Waals surface area contributed by atoms with E-state index in [1.807, 2.05) is 0 Å². The molecule has 1 aliphatic rings. The van der Waals surface area contributed by atoms with Gasteiger partial charge in [-0.1, -0.05) is 46.0 Å². The maximum absolute atomic E-state index is 9.81. The van der Waals surface area contributed by atoms with Crippen LogP contribution in [0.1, 0.15) is 65.2 Å². The van der Waals surface area contributed by atoms with Crippen LogP contribution in [0.2, 0.25) is 0 Å². The fraction of sp³-hybridized carbons (Fsp3) is 1.00. The van der Waals surface area contributed by atoms with E-state index in [1.54, 1.807) is 0 Å². The maximum atomic E-state index is 9.81. The summed E-state index contributed by atoms with van der Waals surface area (Å²) in [5.41, 5.74) is 0. The van der Waals surface area contributed by atoms with Gasteiger partial charge < -0.3 is 5.11 Å². The number of aliphatic hydroxyl groups is 1. The average molecular weight is 198 g/mol. The van der Waals surface area contributed by atoms with Gasteiger partial charge in [-0.15, -0.1) is 0 Å². The van der Waals surface area contributed by atoms with Crippen LogP contribution in [0.5, 0.6) is 0 Å². The molecule has 0 aromatic carbocycles. The third kappa shape index (κ3) is 4.45. The molecule has 0 spiro atoms. The normalized spacial score (nSPS) is 22.5. The lowest BCUT2D eigenvalue weighted by molar-refractivity contribution is 0.127. The molecule has 0 bridgehead atoms. The van der Waals surface area contributed by atoms with Gasteiger partial charge in [-0.2, -0.15) is 0 Å². The van der Waals surface area contributed by atoms with Crippen molar-refractivity contribution in [3.05, 3.63) is 0 Å². The van der Waals surface area contributed by atoms with E-state index >= 15 is 0 Å². The van der Waals surface area contributed by atoms with Crippen molar-refractivity contribution in [2.75, 3.05) is 0 Å². The van der Waals surface area contributed by atoms with E-state index in [-0.39, 0.29) is 6.10 Å². The molecular formula is C13H26O. The van der Waals surface area contributed by atoms with Gasteiger partial charge in [0.05, 0.1) is 6.10 Å². The molecule has 0 heterocycles. The van der Waals surface area contributed by atoms with Crippen LogP contribution in [-0.2, 0) is 0 Å². The molecule has 0 aromatic rings. The highest BCUT2D eigenvalue weighted by molar-refractivity contribution is 4.70. The molecule has 0 aliphatic heterocycles. The summed E-state index contributed by atoms with van der Waals surface area (Å²) in [4.78, 5) is 0. The number of hydrogen-bond donors (Lipinski definition) is 1. The van der Waals surface area contributed by atoms with Gasteiger partial charge in [-0.3, -0.25) is 0 Å². The highest BCUT2D eigenvalue weighted by atomic mass is 16.3. The molecule has 0 radical (unpaired) electrons. The van der Waals surface area contributed by atoms with E-state index in [1.165, 1.54) is 38.5 Å².